The minimum Gasteiger partial charge on any atom is -0.506 e. The van der Waals surface area contributed by atoms with E-state index in [1.165, 1.54) is 23.8 Å². The molecule has 3 heteroatoms. The molecule has 2 aromatic rings. The molecule has 0 unspecified atom stereocenters. The van der Waals surface area contributed by atoms with E-state index in [0.717, 1.165) is 18.5 Å². The van der Waals surface area contributed by atoms with Gasteiger partial charge in [-0.1, -0.05) is 30.3 Å². The molecule has 0 amide bonds. The van der Waals surface area contributed by atoms with Crippen molar-refractivity contribution in [3.63, 3.8) is 0 Å². The predicted octanol–water partition coefficient (Wildman–Crippen LogP) is 4.04. The van der Waals surface area contributed by atoms with Crippen LogP contribution < -0.4 is 0 Å². The molecule has 0 atom stereocenters. The van der Waals surface area contributed by atoms with Gasteiger partial charge in [0.05, 0.1) is 11.3 Å². The van der Waals surface area contributed by atoms with E-state index in [2.05, 4.69) is 17.1 Å². The molecule has 0 spiro atoms. The van der Waals surface area contributed by atoms with Crippen LogP contribution in [0.1, 0.15) is 33.5 Å². The Kier molecular flexibility index (Phi) is 2.93. The highest BCUT2D eigenvalue weighted by Gasteiger charge is 2.27. The number of Topliss-reactive ketones (excluding diaryl/α,β-unsaturated/α-hetero) is 1. The third-order valence-corrected chi connectivity index (χ3v) is 4.35. The van der Waals surface area contributed by atoms with Crippen LogP contribution in [0.5, 0.6) is 0 Å². The lowest BCUT2D eigenvalue weighted by atomic mass is 10.1. The maximum Gasteiger partial charge on any atom is 0.199 e. The number of carbonyl (C=O) groups excluding carboxylic acids is 1. The smallest absolute Gasteiger partial charge is 0.199 e. The number of carbonyl (C=O) groups is 1. The number of aliphatic imine (C=N–C) groups is 1. The van der Waals surface area contributed by atoms with Crippen LogP contribution >= 0.6 is 0 Å². The Labute approximate surface area is 128 Å². The number of fused-ring (bicyclic) bond motifs is 2. The zero-order valence-electron chi connectivity index (χ0n) is 12.0. The van der Waals surface area contributed by atoms with Gasteiger partial charge >= 0.3 is 0 Å². The number of aliphatic hydroxyl groups excluding tert-OH is 1. The number of ketones is 1. The zero-order chi connectivity index (χ0) is 15.1. The van der Waals surface area contributed by atoms with Crippen molar-refractivity contribution in [2.45, 2.75) is 19.3 Å². The molecule has 0 radical (unpaired) electrons. The molecule has 2 aliphatic carbocycles. The first kappa shape index (κ1) is 13.0. The van der Waals surface area contributed by atoms with Crippen molar-refractivity contribution in [3.05, 3.63) is 70.3 Å². The summed E-state index contributed by atoms with van der Waals surface area (Å²) in [5, 5.41) is 10.2. The molecule has 0 aliphatic heterocycles. The summed E-state index contributed by atoms with van der Waals surface area (Å²) in [4.78, 5) is 16.7. The number of benzene rings is 2. The second-order valence-electron chi connectivity index (χ2n) is 5.70. The fraction of sp³-hybridized carbons (Fsp3) is 0.158. The average molecular weight is 289 g/mol. The van der Waals surface area contributed by atoms with Crippen molar-refractivity contribution >= 4 is 23.4 Å². The molecular weight excluding hydrogens is 274 g/mol. The van der Waals surface area contributed by atoms with Gasteiger partial charge in [0.1, 0.15) is 5.76 Å². The summed E-state index contributed by atoms with van der Waals surface area (Å²) in [5.74, 6) is -0.150. The zero-order valence-corrected chi connectivity index (χ0v) is 12.0. The fourth-order valence-corrected chi connectivity index (χ4v) is 3.18. The average Bonchev–Trinajstić information content (AvgIpc) is 3.10. The van der Waals surface area contributed by atoms with Crippen molar-refractivity contribution < 1.29 is 9.90 Å². The lowest BCUT2D eigenvalue weighted by molar-refractivity contribution is 0.104. The minimum absolute atomic E-state index is 0.0190. The normalized spacial score (nSPS) is 16.5. The van der Waals surface area contributed by atoms with Crippen molar-refractivity contribution in [1.29, 1.82) is 0 Å². The second-order valence-corrected chi connectivity index (χ2v) is 5.70. The summed E-state index contributed by atoms with van der Waals surface area (Å²) in [6.07, 6.45) is 4.91. The Hall–Kier alpha value is -2.68. The SMILES string of the molecule is O=C1C(C=Nc2ccc3c(c2)CCC3)=C(O)c2ccccc21. The summed E-state index contributed by atoms with van der Waals surface area (Å²) in [6.45, 7) is 0. The minimum atomic E-state index is -0.169. The van der Waals surface area contributed by atoms with Crippen molar-refractivity contribution in [1.82, 2.24) is 0 Å². The quantitative estimate of drug-likeness (QED) is 0.848. The topological polar surface area (TPSA) is 49.7 Å². The summed E-state index contributed by atoms with van der Waals surface area (Å²) >= 11 is 0. The maximum absolute atomic E-state index is 12.3. The summed E-state index contributed by atoms with van der Waals surface area (Å²) in [5.41, 5.74) is 4.95. The lowest BCUT2D eigenvalue weighted by Gasteiger charge is -2.00. The molecule has 2 aliphatic rings. The van der Waals surface area contributed by atoms with Crippen LogP contribution in [0.4, 0.5) is 5.69 Å². The third kappa shape index (κ3) is 1.98. The largest absolute Gasteiger partial charge is 0.506 e. The van der Waals surface area contributed by atoms with Crippen LogP contribution in [-0.4, -0.2) is 17.1 Å². The Morgan fingerprint density at radius 2 is 1.77 bits per heavy atom. The Bertz CT molecular complexity index is 846. The molecule has 0 fully saturated rings. The molecule has 3 nitrogen and oxygen atoms in total. The van der Waals surface area contributed by atoms with Crippen LogP contribution in [0.3, 0.4) is 0 Å². The van der Waals surface area contributed by atoms with Gasteiger partial charge in [-0.15, -0.1) is 0 Å². The molecule has 22 heavy (non-hydrogen) atoms. The van der Waals surface area contributed by atoms with E-state index in [9.17, 15) is 9.90 Å². The van der Waals surface area contributed by atoms with E-state index in [1.807, 2.05) is 12.1 Å². The first-order chi connectivity index (χ1) is 10.7. The molecule has 0 saturated carbocycles. The van der Waals surface area contributed by atoms with Crippen molar-refractivity contribution in [2.24, 2.45) is 4.99 Å². The predicted molar refractivity (Wildman–Crippen MR) is 86.9 cm³/mol. The maximum atomic E-state index is 12.3. The molecule has 0 saturated heterocycles. The fourth-order valence-electron chi connectivity index (χ4n) is 3.18. The van der Waals surface area contributed by atoms with Gasteiger partial charge in [0.2, 0.25) is 0 Å². The standard InChI is InChI=1S/C19H15NO2/c21-18-15-6-1-2-7-16(15)19(22)17(18)11-20-14-9-8-12-4-3-5-13(12)10-14/h1-2,6-11,21H,3-5H2. The van der Waals surface area contributed by atoms with E-state index >= 15 is 0 Å². The van der Waals surface area contributed by atoms with E-state index < -0.39 is 0 Å². The van der Waals surface area contributed by atoms with Crippen LogP contribution in [0.2, 0.25) is 0 Å². The highest BCUT2D eigenvalue weighted by atomic mass is 16.3. The van der Waals surface area contributed by atoms with Gasteiger partial charge in [0.25, 0.3) is 0 Å². The van der Waals surface area contributed by atoms with E-state index in [1.54, 1.807) is 18.2 Å². The second kappa shape index (κ2) is 4.95. The molecule has 108 valence electrons. The summed E-state index contributed by atoms with van der Waals surface area (Å²) < 4.78 is 0. The Morgan fingerprint density at radius 1 is 1.00 bits per heavy atom. The van der Waals surface area contributed by atoms with Crippen LogP contribution in [0.25, 0.3) is 5.76 Å². The molecule has 1 N–H and O–H groups in total. The number of nitrogens with zero attached hydrogens (tertiary/aromatic N) is 1. The molecule has 0 aromatic heterocycles. The van der Waals surface area contributed by atoms with Crippen molar-refractivity contribution in [2.75, 3.05) is 0 Å². The molecular formula is C19H15NO2. The van der Waals surface area contributed by atoms with Gasteiger partial charge in [0, 0.05) is 17.3 Å². The van der Waals surface area contributed by atoms with Gasteiger partial charge in [-0.25, -0.2) is 0 Å². The highest BCUT2D eigenvalue weighted by Crippen LogP contribution is 2.31. The highest BCUT2D eigenvalue weighted by molar-refractivity contribution is 6.30. The molecule has 0 heterocycles. The summed E-state index contributed by atoms with van der Waals surface area (Å²) in [7, 11) is 0. The van der Waals surface area contributed by atoms with Gasteiger partial charge in [-0.2, -0.15) is 0 Å². The van der Waals surface area contributed by atoms with Crippen LogP contribution in [-0.2, 0) is 12.8 Å². The third-order valence-electron chi connectivity index (χ3n) is 4.35. The Balaban J connectivity index is 1.67. The van der Waals surface area contributed by atoms with Gasteiger partial charge in [0.15, 0.2) is 5.78 Å². The lowest BCUT2D eigenvalue weighted by Crippen LogP contribution is -1.99. The van der Waals surface area contributed by atoms with Gasteiger partial charge < -0.3 is 5.11 Å². The summed E-state index contributed by atoms with van der Waals surface area (Å²) in [6, 6.07) is 13.2. The van der Waals surface area contributed by atoms with Crippen LogP contribution in [0.15, 0.2) is 53.0 Å². The number of rotatable bonds is 2. The van der Waals surface area contributed by atoms with Gasteiger partial charge in [-0.3, -0.25) is 9.79 Å². The number of hydrogen-bond acceptors (Lipinski definition) is 3. The van der Waals surface area contributed by atoms with Crippen molar-refractivity contribution in [3.8, 4) is 0 Å². The van der Waals surface area contributed by atoms with E-state index in [0.29, 0.717) is 11.1 Å². The first-order valence-corrected chi connectivity index (χ1v) is 7.47. The Morgan fingerprint density at radius 3 is 2.59 bits per heavy atom. The molecule has 0 bridgehead atoms. The van der Waals surface area contributed by atoms with Crippen LogP contribution in [0, 0.1) is 0 Å². The number of aliphatic hydroxyl groups is 1. The molecule has 2 aromatic carbocycles. The van der Waals surface area contributed by atoms with E-state index in [4.69, 9.17) is 0 Å². The number of allylic oxidation sites excluding steroid dienone is 1. The monoisotopic (exact) mass is 289 g/mol. The number of aryl methyl sites for hydroxylation is 2. The van der Waals surface area contributed by atoms with E-state index in [-0.39, 0.29) is 17.1 Å². The molecule has 4 rings (SSSR count). The first-order valence-electron chi connectivity index (χ1n) is 7.47. The van der Waals surface area contributed by atoms with Gasteiger partial charge in [-0.05, 0) is 42.5 Å². The number of hydrogen-bond donors (Lipinski definition) is 1.